The Morgan fingerprint density at radius 2 is 1.61 bits per heavy atom. The van der Waals surface area contributed by atoms with Crippen molar-refractivity contribution in [3.05, 3.63) is 109 Å². The molecule has 1 atom stereocenters. The minimum absolute atomic E-state index is 0.133. The first kappa shape index (κ1) is 25.4. The number of benzene rings is 3. The first-order valence-corrected chi connectivity index (χ1v) is 12.8. The van der Waals surface area contributed by atoms with Crippen molar-refractivity contribution in [3.8, 4) is 28.1 Å². The van der Waals surface area contributed by atoms with Gasteiger partial charge in [0.05, 0.1) is 17.1 Å². The number of hydrogen-bond donors (Lipinski definition) is 3. The highest BCUT2D eigenvalue weighted by Gasteiger charge is 2.18. The Morgan fingerprint density at radius 3 is 2.41 bits per heavy atom. The third-order valence-corrected chi connectivity index (χ3v) is 6.33. The zero-order chi connectivity index (χ0) is 28.2. The van der Waals surface area contributed by atoms with E-state index in [1.807, 2.05) is 97.9 Å². The molecule has 0 aliphatic carbocycles. The number of nitrogens with one attached hydrogen (secondary N) is 2. The summed E-state index contributed by atoms with van der Waals surface area (Å²) >= 11 is 0. The molecule has 2 amide bonds. The van der Waals surface area contributed by atoms with Gasteiger partial charge in [0.15, 0.2) is 5.82 Å². The maximum Gasteiger partial charge on any atom is 0.324 e. The standard InChI is InChI=1S/C30H25N9O2/c1-19(25-17-18-32-29-35-28(31)38-39(25)29)41-26-14-8-6-12-22(26)21-11-5-7-13-24(21)33-30(40)34-27-16-15-23(36-37-27)20-9-3-2-4-10-20/h2-19H,1H3,(H2,31,38)(H2,33,34,37,40). The number of rotatable bonds is 7. The number of para-hydroxylation sites is 2. The average Bonchev–Trinajstić information content (AvgIpc) is 3.39. The van der Waals surface area contributed by atoms with Gasteiger partial charge in [-0.3, -0.25) is 5.32 Å². The molecule has 0 radical (unpaired) electrons. The van der Waals surface area contributed by atoms with Gasteiger partial charge in [-0.25, -0.2) is 9.78 Å². The molecular weight excluding hydrogens is 518 g/mol. The molecule has 0 aliphatic heterocycles. The smallest absolute Gasteiger partial charge is 0.324 e. The Hall–Kier alpha value is -5.84. The summed E-state index contributed by atoms with van der Waals surface area (Å²) in [6, 6.07) is 29.7. The highest BCUT2D eigenvalue weighted by atomic mass is 16.5. The monoisotopic (exact) mass is 543 g/mol. The maximum absolute atomic E-state index is 12.9. The maximum atomic E-state index is 12.9. The predicted molar refractivity (Wildman–Crippen MR) is 156 cm³/mol. The highest BCUT2D eigenvalue weighted by molar-refractivity contribution is 6.02. The van der Waals surface area contributed by atoms with Crippen molar-refractivity contribution >= 4 is 29.3 Å². The van der Waals surface area contributed by atoms with Crippen molar-refractivity contribution in [2.75, 3.05) is 16.4 Å². The lowest BCUT2D eigenvalue weighted by atomic mass is 10.0. The van der Waals surface area contributed by atoms with Crippen LogP contribution in [0.3, 0.4) is 0 Å². The molecule has 6 rings (SSSR count). The fourth-order valence-corrected chi connectivity index (χ4v) is 4.44. The van der Waals surface area contributed by atoms with Crippen molar-refractivity contribution in [2.45, 2.75) is 13.0 Å². The normalized spacial score (nSPS) is 11.6. The SMILES string of the molecule is CC(Oc1ccccc1-c1ccccc1NC(=O)Nc1ccc(-c2ccccc2)nn1)c1ccnc2nc(N)nn12. The van der Waals surface area contributed by atoms with Crippen LogP contribution >= 0.6 is 0 Å². The number of carbonyl (C=O) groups excluding carboxylic acids is 1. The molecule has 0 saturated heterocycles. The van der Waals surface area contributed by atoms with Crippen LogP contribution < -0.4 is 21.1 Å². The van der Waals surface area contributed by atoms with E-state index in [9.17, 15) is 4.79 Å². The topological polar surface area (TPSA) is 145 Å². The fraction of sp³-hybridized carbons (Fsp3) is 0.0667. The highest BCUT2D eigenvalue weighted by Crippen LogP contribution is 2.37. The van der Waals surface area contributed by atoms with E-state index < -0.39 is 12.1 Å². The molecule has 0 spiro atoms. The molecule has 3 aromatic heterocycles. The van der Waals surface area contributed by atoms with Gasteiger partial charge in [-0.2, -0.15) is 9.50 Å². The Labute approximate surface area is 235 Å². The average molecular weight is 544 g/mol. The van der Waals surface area contributed by atoms with E-state index in [0.717, 1.165) is 22.4 Å². The largest absolute Gasteiger partial charge is 0.484 e. The number of hydrogen-bond acceptors (Lipinski definition) is 8. The summed E-state index contributed by atoms with van der Waals surface area (Å²) in [6.07, 6.45) is 1.23. The Bertz CT molecular complexity index is 1820. The second-order valence-corrected chi connectivity index (χ2v) is 9.10. The summed E-state index contributed by atoms with van der Waals surface area (Å²) in [5.41, 5.74) is 10.3. The molecule has 0 aliphatic rings. The third-order valence-electron chi connectivity index (χ3n) is 6.33. The van der Waals surface area contributed by atoms with E-state index in [1.54, 1.807) is 16.8 Å². The van der Waals surface area contributed by atoms with Crippen LogP contribution in [0.25, 0.3) is 28.2 Å². The van der Waals surface area contributed by atoms with Gasteiger partial charge >= 0.3 is 6.03 Å². The van der Waals surface area contributed by atoms with Crippen molar-refractivity contribution in [3.63, 3.8) is 0 Å². The minimum atomic E-state index is -0.450. The Kier molecular flexibility index (Phi) is 6.89. The van der Waals surface area contributed by atoms with E-state index in [2.05, 4.69) is 35.9 Å². The number of nitrogen functional groups attached to an aromatic ring is 1. The fourth-order valence-electron chi connectivity index (χ4n) is 4.44. The molecule has 11 nitrogen and oxygen atoms in total. The van der Waals surface area contributed by atoms with Crippen LogP contribution in [0.4, 0.5) is 22.2 Å². The number of anilines is 3. The minimum Gasteiger partial charge on any atom is -0.484 e. The molecule has 41 heavy (non-hydrogen) atoms. The van der Waals surface area contributed by atoms with Crippen LogP contribution in [0, 0.1) is 0 Å². The quantitative estimate of drug-likeness (QED) is 0.235. The van der Waals surface area contributed by atoms with Gasteiger partial charge in [0.2, 0.25) is 5.95 Å². The van der Waals surface area contributed by atoms with E-state index in [0.29, 0.717) is 28.7 Å². The molecule has 6 aromatic rings. The molecule has 3 aromatic carbocycles. The van der Waals surface area contributed by atoms with Gasteiger partial charge in [-0.05, 0) is 37.3 Å². The number of amides is 2. The van der Waals surface area contributed by atoms with Crippen LogP contribution in [-0.4, -0.2) is 35.8 Å². The molecule has 0 saturated carbocycles. The molecule has 0 fully saturated rings. The van der Waals surface area contributed by atoms with E-state index in [1.165, 1.54) is 0 Å². The zero-order valence-electron chi connectivity index (χ0n) is 22.0. The van der Waals surface area contributed by atoms with E-state index in [-0.39, 0.29) is 5.95 Å². The summed E-state index contributed by atoms with van der Waals surface area (Å²) in [5.74, 6) is 1.47. The predicted octanol–water partition coefficient (Wildman–Crippen LogP) is 5.61. The summed E-state index contributed by atoms with van der Waals surface area (Å²) in [5, 5.41) is 18.3. The summed E-state index contributed by atoms with van der Waals surface area (Å²) in [4.78, 5) is 21.3. The number of carbonyl (C=O) groups is 1. The van der Waals surface area contributed by atoms with Gasteiger partial charge in [-0.1, -0.05) is 66.7 Å². The van der Waals surface area contributed by atoms with Crippen LogP contribution in [0.2, 0.25) is 0 Å². The lowest BCUT2D eigenvalue weighted by Crippen LogP contribution is -2.20. The van der Waals surface area contributed by atoms with Crippen LogP contribution in [-0.2, 0) is 0 Å². The van der Waals surface area contributed by atoms with Gasteiger partial charge in [0.25, 0.3) is 5.78 Å². The van der Waals surface area contributed by atoms with Gasteiger partial charge in [0.1, 0.15) is 11.9 Å². The van der Waals surface area contributed by atoms with Crippen LogP contribution in [0.15, 0.2) is 103 Å². The zero-order valence-corrected chi connectivity index (χ0v) is 22.0. The summed E-state index contributed by atoms with van der Waals surface area (Å²) in [6.45, 7) is 1.91. The number of aromatic nitrogens is 6. The summed E-state index contributed by atoms with van der Waals surface area (Å²) in [7, 11) is 0. The number of fused-ring (bicyclic) bond motifs is 1. The van der Waals surface area contributed by atoms with Gasteiger partial charge < -0.3 is 15.8 Å². The molecule has 3 heterocycles. The van der Waals surface area contributed by atoms with Crippen LogP contribution in [0.5, 0.6) is 5.75 Å². The molecule has 11 heteroatoms. The van der Waals surface area contributed by atoms with Crippen molar-refractivity contribution in [2.24, 2.45) is 0 Å². The summed E-state index contributed by atoms with van der Waals surface area (Å²) < 4.78 is 7.97. The third kappa shape index (κ3) is 5.50. The second-order valence-electron chi connectivity index (χ2n) is 9.10. The van der Waals surface area contributed by atoms with Crippen molar-refractivity contribution < 1.29 is 9.53 Å². The Morgan fingerprint density at radius 1 is 0.854 bits per heavy atom. The molecule has 4 N–H and O–H groups in total. The number of ether oxygens (including phenoxy) is 1. The first-order chi connectivity index (χ1) is 20.0. The van der Waals surface area contributed by atoms with Crippen LogP contribution in [0.1, 0.15) is 18.7 Å². The van der Waals surface area contributed by atoms with Crippen molar-refractivity contribution in [1.82, 2.24) is 29.8 Å². The first-order valence-electron chi connectivity index (χ1n) is 12.8. The van der Waals surface area contributed by atoms with Crippen molar-refractivity contribution in [1.29, 1.82) is 0 Å². The van der Waals surface area contributed by atoms with Gasteiger partial charge in [0, 0.05) is 22.9 Å². The molecule has 1 unspecified atom stereocenters. The number of nitrogens with two attached hydrogens (primary N) is 1. The Balaban J connectivity index is 1.21. The molecule has 202 valence electrons. The molecule has 0 bridgehead atoms. The van der Waals surface area contributed by atoms with E-state index >= 15 is 0 Å². The lowest BCUT2D eigenvalue weighted by Gasteiger charge is -2.19. The van der Waals surface area contributed by atoms with Gasteiger partial charge in [-0.15, -0.1) is 15.3 Å². The second kappa shape index (κ2) is 11.1. The van der Waals surface area contributed by atoms with E-state index in [4.69, 9.17) is 10.5 Å². The molecular formula is C30H25N9O2. The number of urea groups is 1. The lowest BCUT2D eigenvalue weighted by molar-refractivity contribution is 0.220. The number of nitrogens with zero attached hydrogens (tertiary/aromatic N) is 6.